The summed E-state index contributed by atoms with van der Waals surface area (Å²) in [5.41, 5.74) is 5.30. The van der Waals surface area contributed by atoms with Gasteiger partial charge in [0, 0.05) is 16.0 Å². The monoisotopic (exact) mass is 390 g/mol. The number of hydrogen-bond donors (Lipinski definition) is 0. The highest BCUT2D eigenvalue weighted by atomic mass is 32.2. The number of ether oxygens (including phenoxy) is 1. The summed E-state index contributed by atoms with van der Waals surface area (Å²) in [6.45, 7) is 8.96. The Balaban J connectivity index is 1.86. The Labute approximate surface area is 172 Å². The van der Waals surface area contributed by atoms with E-state index in [1.54, 1.807) is 19.1 Å². The van der Waals surface area contributed by atoms with Crippen molar-refractivity contribution in [2.24, 2.45) is 0 Å². The lowest BCUT2D eigenvalue weighted by Crippen LogP contribution is -2.21. The van der Waals surface area contributed by atoms with Gasteiger partial charge in [-0.3, -0.25) is 0 Å². The number of benzene rings is 2. The lowest BCUT2D eigenvalue weighted by atomic mass is 9.75. The largest absolute Gasteiger partial charge is 0.462 e. The number of fused-ring (bicyclic) bond motifs is 1. The second-order valence-electron chi connectivity index (χ2n) is 7.40. The van der Waals surface area contributed by atoms with Crippen molar-refractivity contribution in [1.29, 1.82) is 0 Å². The molecule has 0 fully saturated rings. The second kappa shape index (κ2) is 8.71. The van der Waals surface area contributed by atoms with E-state index in [4.69, 9.17) is 4.74 Å². The zero-order chi connectivity index (χ0) is 20.1. The second-order valence-corrected chi connectivity index (χ2v) is 8.70. The van der Waals surface area contributed by atoms with E-state index in [9.17, 15) is 4.79 Å². The highest BCUT2D eigenvalue weighted by Gasteiger charge is 2.28. The van der Waals surface area contributed by atoms with Crippen LogP contribution in [0.3, 0.4) is 0 Å². The van der Waals surface area contributed by atoms with Gasteiger partial charge in [-0.1, -0.05) is 44.8 Å². The van der Waals surface area contributed by atoms with E-state index in [1.165, 1.54) is 16.0 Å². The van der Waals surface area contributed by atoms with Gasteiger partial charge in [0.25, 0.3) is 0 Å². The molecule has 0 atom stereocenters. The van der Waals surface area contributed by atoms with Crippen LogP contribution in [-0.2, 0) is 10.2 Å². The van der Waals surface area contributed by atoms with Crippen molar-refractivity contribution in [3.63, 3.8) is 0 Å². The summed E-state index contributed by atoms with van der Waals surface area (Å²) < 4.78 is 5.01. The summed E-state index contributed by atoms with van der Waals surface area (Å²) in [5, 5.41) is 0. The van der Waals surface area contributed by atoms with Gasteiger partial charge in [0.1, 0.15) is 0 Å². The first kappa shape index (κ1) is 20.3. The number of allylic oxidation sites excluding steroid dienone is 1. The zero-order valence-corrected chi connectivity index (χ0v) is 17.8. The van der Waals surface area contributed by atoms with Crippen LogP contribution in [0.4, 0.5) is 0 Å². The number of thioether (sulfide) groups is 1. The van der Waals surface area contributed by atoms with Gasteiger partial charge >= 0.3 is 5.97 Å². The van der Waals surface area contributed by atoms with Gasteiger partial charge in [0.2, 0.25) is 0 Å². The van der Waals surface area contributed by atoms with Crippen LogP contribution in [-0.4, -0.2) is 18.3 Å². The van der Waals surface area contributed by atoms with Crippen LogP contribution in [0.2, 0.25) is 0 Å². The Hall–Kier alpha value is -2.44. The summed E-state index contributed by atoms with van der Waals surface area (Å²) in [6.07, 6.45) is 3.43. The molecule has 3 rings (SSSR count). The van der Waals surface area contributed by atoms with Crippen LogP contribution in [0.25, 0.3) is 4.91 Å². The molecule has 0 heterocycles. The van der Waals surface area contributed by atoms with Crippen LogP contribution in [0.15, 0.2) is 48.5 Å². The maximum Gasteiger partial charge on any atom is 0.338 e. The quantitative estimate of drug-likeness (QED) is 0.470. The van der Waals surface area contributed by atoms with Crippen LogP contribution in [0.5, 0.6) is 0 Å². The predicted octanol–water partition coefficient (Wildman–Crippen LogP) is 6.04. The van der Waals surface area contributed by atoms with Crippen LogP contribution in [0, 0.1) is 11.8 Å². The summed E-state index contributed by atoms with van der Waals surface area (Å²) in [5.74, 6) is 7.24. The van der Waals surface area contributed by atoms with E-state index >= 15 is 0 Å². The van der Waals surface area contributed by atoms with Gasteiger partial charge in [-0.2, -0.15) is 0 Å². The maximum atomic E-state index is 11.7. The fraction of sp³-hybridized carbons (Fsp3) is 0.320. The Bertz CT molecular complexity index is 956. The van der Waals surface area contributed by atoms with Crippen molar-refractivity contribution < 1.29 is 9.53 Å². The number of rotatable bonds is 4. The Kier molecular flexibility index (Phi) is 6.31. The van der Waals surface area contributed by atoms with Gasteiger partial charge in [-0.05, 0) is 72.0 Å². The van der Waals surface area contributed by atoms with Crippen molar-refractivity contribution >= 4 is 22.6 Å². The number of esters is 1. The standard InChI is InChI=1S/C25H26O2S/c1-5-27-24(26)20-12-9-18(10-13-20)7-8-19-11-14-22-21(17-19)23(28-6-2)15-16-25(22,3)4/h9-15,17H,5-6,16H2,1-4H3. The third-order valence-electron chi connectivity index (χ3n) is 4.86. The number of carbonyl (C=O) groups excluding carboxylic acids is 1. The predicted molar refractivity (Wildman–Crippen MR) is 119 cm³/mol. The lowest BCUT2D eigenvalue weighted by Gasteiger charge is -2.32. The Morgan fingerprint density at radius 2 is 1.75 bits per heavy atom. The average Bonchev–Trinajstić information content (AvgIpc) is 2.69. The van der Waals surface area contributed by atoms with Crippen LogP contribution in [0.1, 0.15) is 66.7 Å². The average molecular weight is 391 g/mol. The molecule has 2 aromatic carbocycles. The molecule has 0 bridgehead atoms. The molecule has 144 valence electrons. The molecule has 3 heteroatoms. The Morgan fingerprint density at radius 3 is 2.43 bits per heavy atom. The summed E-state index contributed by atoms with van der Waals surface area (Å²) in [7, 11) is 0. The smallest absolute Gasteiger partial charge is 0.338 e. The third kappa shape index (κ3) is 4.51. The fourth-order valence-electron chi connectivity index (χ4n) is 3.32. The summed E-state index contributed by atoms with van der Waals surface area (Å²) in [4.78, 5) is 13.1. The fourth-order valence-corrected chi connectivity index (χ4v) is 4.16. The van der Waals surface area contributed by atoms with Crippen molar-refractivity contribution in [2.45, 2.75) is 39.5 Å². The molecule has 0 amide bonds. The SMILES string of the molecule is CCOC(=O)c1ccc(C#Cc2ccc3c(c2)C(SCC)=CCC3(C)C)cc1. The van der Waals surface area contributed by atoms with E-state index in [0.717, 1.165) is 23.3 Å². The molecular weight excluding hydrogens is 364 g/mol. The molecule has 0 saturated heterocycles. The Morgan fingerprint density at radius 1 is 1.07 bits per heavy atom. The molecule has 28 heavy (non-hydrogen) atoms. The molecule has 1 aliphatic carbocycles. The van der Waals surface area contributed by atoms with Crippen molar-refractivity contribution in [1.82, 2.24) is 0 Å². The topological polar surface area (TPSA) is 26.3 Å². The first-order valence-corrected chi connectivity index (χ1v) is 10.7. The molecule has 2 aromatic rings. The number of carbonyl (C=O) groups is 1. The highest BCUT2D eigenvalue weighted by molar-refractivity contribution is 8.08. The maximum absolute atomic E-state index is 11.7. The minimum absolute atomic E-state index is 0.155. The molecule has 0 spiro atoms. The summed E-state index contributed by atoms with van der Waals surface area (Å²) in [6, 6.07) is 13.8. The van der Waals surface area contributed by atoms with Crippen molar-refractivity contribution in [3.8, 4) is 11.8 Å². The molecule has 1 aliphatic rings. The summed E-state index contributed by atoms with van der Waals surface area (Å²) >= 11 is 1.90. The minimum atomic E-state index is -0.299. The van der Waals surface area contributed by atoms with E-state index < -0.39 is 0 Å². The normalized spacial score (nSPS) is 14.4. The molecule has 0 saturated carbocycles. The molecule has 0 aromatic heterocycles. The lowest BCUT2D eigenvalue weighted by molar-refractivity contribution is 0.0526. The molecular formula is C25H26O2S. The molecule has 2 nitrogen and oxygen atoms in total. The molecule has 0 N–H and O–H groups in total. The van der Waals surface area contributed by atoms with E-state index in [-0.39, 0.29) is 11.4 Å². The van der Waals surface area contributed by atoms with Gasteiger partial charge in [-0.15, -0.1) is 11.8 Å². The van der Waals surface area contributed by atoms with Crippen LogP contribution < -0.4 is 0 Å². The first-order chi connectivity index (χ1) is 13.4. The van der Waals surface area contributed by atoms with Gasteiger partial charge in [0.15, 0.2) is 0 Å². The van der Waals surface area contributed by atoms with Crippen molar-refractivity contribution in [3.05, 3.63) is 76.4 Å². The zero-order valence-electron chi connectivity index (χ0n) is 17.0. The third-order valence-corrected chi connectivity index (χ3v) is 5.85. The molecule has 0 aliphatic heterocycles. The van der Waals surface area contributed by atoms with Gasteiger partial charge in [-0.25, -0.2) is 4.79 Å². The van der Waals surface area contributed by atoms with E-state index in [2.05, 4.69) is 56.9 Å². The molecule has 0 radical (unpaired) electrons. The van der Waals surface area contributed by atoms with E-state index in [1.807, 2.05) is 23.9 Å². The van der Waals surface area contributed by atoms with Gasteiger partial charge in [0.05, 0.1) is 12.2 Å². The molecule has 0 unspecified atom stereocenters. The van der Waals surface area contributed by atoms with Gasteiger partial charge < -0.3 is 4.74 Å². The number of hydrogen-bond acceptors (Lipinski definition) is 3. The van der Waals surface area contributed by atoms with Crippen molar-refractivity contribution in [2.75, 3.05) is 12.4 Å². The van der Waals surface area contributed by atoms with E-state index in [0.29, 0.717) is 12.2 Å². The highest BCUT2D eigenvalue weighted by Crippen LogP contribution is 2.43. The first-order valence-electron chi connectivity index (χ1n) is 9.71. The minimum Gasteiger partial charge on any atom is -0.462 e. The van der Waals surface area contributed by atoms with Crippen LogP contribution >= 0.6 is 11.8 Å².